The maximum absolute atomic E-state index is 13.3. The van der Waals surface area contributed by atoms with Crippen molar-refractivity contribution in [2.45, 2.75) is 9.79 Å². The van der Waals surface area contributed by atoms with E-state index in [9.17, 15) is 8.42 Å². The molecule has 2 N–H and O–H groups in total. The van der Waals surface area contributed by atoms with Gasteiger partial charge in [-0.15, -0.1) is 0 Å². The summed E-state index contributed by atoms with van der Waals surface area (Å²) in [5.74, 6) is 0.665. The number of aromatic amines is 1. The maximum atomic E-state index is 13.3. The van der Waals surface area contributed by atoms with Gasteiger partial charge in [0.15, 0.2) is 0 Å². The van der Waals surface area contributed by atoms with Gasteiger partial charge in [-0.3, -0.25) is 0 Å². The molecule has 0 saturated carbocycles. The molecule has 1 aromatic heterocycles. The lowest BCUT2D eigenvalue weighted by Crippen LogP contribution is -2.43. The van der Waals surface area contributed by atoms with E-state index >= 15 is 0 Å². The van der Waals surface area contributed by atoms with Gasteiger partial charge >= 0.3 is 0 Å². The number of anilines is 1. The van der Waals surface area contributed by atoms with Crippen molar-refractivity contribution in [2.75, 3.05) is 38.2 Å². The molecule has 6 nitrogen and oxygen atoms in total. The number of hydrogen-bond acceptors (Lipinski definition) is 5. The van der Waals surface area contributed by atoms with Crippen molar-refractivity contribution < 1.29 is 13.2 Å². The molecule has 8 heteroatoms. The first-order chi connectivity index (χ1) is 13.0. The Labute approximate surface area is 163 Å². The number of rotatable bonds is 4. The Bertz CT molecular complexity index is 1090. The lowest BCUT2D eigenvalue weighted by molar-refractivity contribution is 0.412. The van der Waals surface area contributed by atoms with E-state index in [0.717, 1.165) is 37.4 Å². The molecular weight excluding hydrogens is 386 g/mol. The van der Waals surface area contributed by atoms with E-state index < -0.39 is 9.84 Å². The summed E-state index contributed by atoms with van der Waals surface area (Å²) in [5, 5.41) is 4.38. The summed E-state index contributed by atoms with van der Waals surface area (Å²) in [4.78, 5) is 5.60. The number of hydrogen-bond donors (Lipinski definition) is 2. The van der Waals surface area contributed by atoms with Gasteiger partial charge in [0.2, 0.25) is 9.84 Å². The molecule has 0 spiro atoms. The highest BCUT2D eigenvalue weighted by molar-refractivity contribution is 7.91. The van der Waals surface area contributed by atoms with E-state index in [2.05, 4.69) is 15.2 Å². The first-order valence-corrected chi connectivity index (χ1v) is 10.5. The van der Waals surface area contributed by atoms with Crippen LogP contribution in [0.25, 0.3) is 10.9 Å². The standard InChI is InChI=1S/C19H20ClN3O3S/c1-26-18-5-3-14(11-17(18)23-8-6-21-7-9-23)27(24,25)19-12-22-16-4-2-13(20)10-15(16)19/h2-5,10-12,21-22H,6-9H2,1H3. The largest absolute Gasteiger partial charge is 0.495 e. The highest BCUT2D eigenvalue weighted by Crippen LogP contribution is 2.35. The molecule has 0 unspecified atom stereocenters. The fourth-order valence-corrected chi connectivity index (χ4v) is 5.02. The van der Waals surface area contributed by atoms with Gasteiger partial charge in [0.1, 0.15) is 5.75 Å². The van der Waals surface area contributed by atoms with Crippen molar-refractivity contribution in [3.05, 3.63) is 47.6 Å². The summed E-state index contributed by atoms with van der Waals surface area (Å²) in [7, 11) is -2.12. The zero-order valence-electron chi connectivity index (χ0n) is 14.8. The Morgan fingerprint density at radius 2 is 1.89 bits per heavy atom. The smallest absolute Gasteiger partial charge is 0.208 e. The molecule has 0 atom stereocenters. The number of piperazine rings is 1. The zero-order chi connectivity index (χ0) is 19.0. The van der Waals surface area contributed by atoms with Crippen molar-refractivity contribution >= 4 is 38.0 Å². The average molecular weight is 406 g/mol. The van der Waals surface area contributed by atoms with Crippen LogP contribution in [0.4, 0.5) is 5.69 Å². The summed E-state index contributed by atoms with van der Waals surface area (Å²) in [6.07, 6.45) is 1.52. The average Bonchev–Trinajstić information content (AvgIpc) is 3.12. The van der Waals surface area contributed by atoms with Crippen molar-refractivity contribution in [3.8, 4) is 5.75 Å². The molecule has 1 saturated heterocycles. The van der Waals surface area contributed by atoms with Crippen molar-refractivity contribution in [3.63, 3.8) is 0 Å². The number of nitrogens with zero attached hydrogens (tertiary/aromatic N) is 1. The number of halogens is 1. The van der Waals surface area contributed by atoms with E-state index in [0.29, 0.717) is 16.2 Å². The van der Waals surface area contributed by atoms with Crippen molar-refractivity contribution in [1.82, 2.24) is 10.3 Å². The number of fused-ring (bicyclic) bond motifs is 1. The van der Waals surface area contributed by atoms with E-state index in [4.69, 9.17) is 16.3 Å². The van der Waals surface area contributed by atoms with Crippen LogP contribution in [0, 0.1) is 0 Å². The molecule has 2 aromatic carbocycles. The van der Waals surface area contributed by atoms with Crippen LogP contribution in [0.15, 0.2) is 52.4 Å². The molecule has 1 aliphatic rings. The lowest BCUT2D eigenvalue weighted by Gasteiger charge is -2.30. The first-order valence-electron chi connectivity index (χ1n) is 8.66. The predicted octanol–water partition coefficient (Wildman–Crippen LogP) is 3.07. The minimum Gasteiger partial charge on any atom is -0.495 e. The maximum Gasteiger partial charge on any atom is 0.208 e. The minimum absolute atomic E-state index is 0.219. The van der Waals surface area contributed by atoms with Crippen LogP contribution in [0.2, 0.25) is 5.02 Å². The van der Waals surface area contributed by atoms with Crippen LogP contribution in [-0.4, -0.2) is 46.7 Å². The second kappa shape index (κ2) is 7.07. The molecule has 3 aromatic rings. The molecule has 0 radical (unpaired) electrons. The number of H-pyrrole nitrogens is 1. The molecule has 1 fully saturated rings. The Balaban J connectivity index is 1.82. The lowest BCUT2D eigenvalue weighted by atomic mass is 10.2. The van der Waals surface area contributed by atoms with E-state index in [-0.39, 0.29) is 9.79 Å². The molecule has 4 rings (SSSR count). The van der Waals surface area contributed by atoms with Crippen LogP contribution in [0.1, 0.15) is 0 Å². The number of nitrogens with one attached hydrogen (secondary N) is 2. The monoisotopic (exact) mass is 405 g/mol. The number of sulfone groups is 1. The van der Waals surface area contributed by atoms with Gasteiger partial charge in [0, 0.05) is 48.3 Å². The fourth-order valence-electron chi connectivity index (χ4n) is 3.41. The first kappa shape index (κ1) is 18.2. The summed E-state index contributed by atoms with van der Waals surface area (Å²) in [6, 6.07) is 10.2. The SMILES string of the molecule is COc1ccc(S(=O)(=O)c2c[nH]c3ccc(Cl)cc23)cc1N1CCNCC1. The molecule has 0 amide bonds. The number of ether oxygens (including phenoxy) is 1. The van der Waals surface area contributed by atoms with Crippen molar-refractivity contribution in [2.24, 2.45) is 0 Å². The van der Waals surface area contributed by atoms with Gasteiger partial charge in [0.25, 0.3) is 0 Å². The van der Waals surface area contributed by atoms with Crippen LogP contribution in [-0.2, 0) is 9.84 Å². The van der Waals surface area contributed by atoms with E-state index in [1.54, 1.807) is 43.5 Å². The van der Waals surface area contributed by atoms with Crippen molar-refractivity contribution in [1.29, 1.82) is 0 Å². The zero-order valence-corrected chi connectivity index (χ0v) is 16.4. The van der Waals surface area contributed by atoms with Crippen LogP contribution >= 0.6 is 11.6 Å². The van der Waals surface area contributed by atoms with E-state index in [1.807, 2.05) is 0 Å². The number of aromatic nitrogens is 1. The highest BCUT2D eigenvalue weighted by Gasteiger charge is 2.25. The predicted molar refractivity (Wildman–Crippen MR) is 107 cm³/mol. The number of benzene rings is 2. The molecule has 0 aliphatic carbocycles. The molecule has 27 heavy (non-hydrogen) atoms. The third-order valence-corrected chi connectivity index (χ3v) is 6.84. The molecule has 2 heterocycles. The van der Waals surface area contributed by atoms with Crippen LogP contribution < -0.4 is 15.0 Å². The van der Waals surface area contributed by atoms with E-state index in [1.165, 1.54) is 6.20 Å². The van der Waals surface area contributed by atoms with Gasteiger partial charge in [-0.2, -0.15) is 0 Å². The van der Waals surface area contributed by atoms with Crippen LogP contribution in [0.5, 0.6) is 5.75 Å². The molecule has 0 bridgehead atoms. The topological polar surface area (TPSA) is 74.4 Å². The molecule has 142 valence electrons. The molecule has 1 aliphatic heterocycles. The normalized spacial score (nSPS) is 15.3. The van der Waals surface area contributed by atoms with Gasteiger partial charge in [-0.25, -0.2) is 8.42 Å². The van der Waals surface area contributed by atoms with Gasteiger partial charge in [-0.1, -0.05) is 11.6 Å². The van der Waals surface area contributed by atoms with Gasteiger partial charge in [0.05, 0.1) is 22.6 Å². The molecular formula is C19H20ClN3O3S. The Hall–Kier alpha value is -2.22. The fraction of sp³-hybridized carbons (Fsp3) is 0.263. The highest BCUT2D eigenvalue weighted by atomic mass is 35.5. The summed E-state index contributed by atoms with van der Waals surface area (Å²) in [5.41, 5.74) is 1.52. The Morgan fingerprint density at radius 3 is 2.63 bits per heavy atom. The summed E-state index contributed by atoms with van der Waals surface area (Å²) in [6.45, 7) is 3.28. The second-order valence-electron chi connectivity index (χ2n) is 6.42. The third-order valence-electron chi connectivity index (χ3n) is 4.81. The Kier molecular flexibility index (Phi) is 4.75. The van der Waals surface area contributed by atoms with Crippen LogP contribution in [0.3, 0.4) is 0 Å². The minimum atomic E-state index is -3.71. The number of methoxy groups -OCH3 is 1. The second-order valence-corrected chi connectivity index (χ2v) is 8.77. The summed E-state index contributed by atoms with van der Waals surface area (Å²) >= 11 is 6.07. The van der Waals surface area contributed by atoms with Gasteiger partial charge < -0.3 is 19.9 Å². The Morgan fingerprint density at radius 1 is 1.11 bits per heavy atom. The summed E-state index contributed by atoms with van der Waals surface area (Å²) < 4.78 is 32.1. The third kappa shape index (κ3) is 3.26. The van der Waals surface area contributed by atoms with Gasteiger partial charge in [-0.05, 0) is 36.4 Å². The quantitative estimate of drug-likeness (QED) is 0.697.